The first-order chi connectivity index (χ1) is 25.7. The van der Waals surface area contributed by atoms with Crippen LogP contribution < -0.4 is 9.64 Å². The van der Waals surface area contributed by atoms with E-state index in [0.717, 1.165) is 50.5 Å². The normalized spacial score (nSPS) is 11.2. The zero-order chi connectivity index (χ0) is 34.9. The lowest BCUT2D eigenvalue weighted by Gasteiger charge is -2.27. The van der Waals surface area contributed by atoms with E-state index in [9.17, 15) is 0 Å². The van der Waals surface area contributed by atoms with E-state index >= 15 is 0 Å². The van der Waals surface area contributed by atoms with Crippen molar-refractivity contribution in [1.82, 2.24) is 4.57 Å². The van der Waals surface area contributed by atoms with Crippen molar-refractivity contribution in [3.63, 3.8) is 0 Å². The molecule has 0 atom stereocenters. The highest BCUT2D eigenvalue weighted by molar-refractivity contribution is 6.09. The Morgan fingerprint density at radius 2 is 1.04 bits per heavy atom. The minimum atomic E-state index is 0.432. The fourth-order valence-corrected chi connectivity index (χ4v) is 7.25. The first-order valence-electron chi connectivity index (χ1n) is 17.5. The van der Waals surface area contributed by atoms with Gasteiger partial charge in [0.05, 0.1) is 11.0 Å². The molecule has 0 radical (unpaired) electrons. The van der Waals surface area contributed by atoms with Crippen molar-refractivity contribution < 1.29 is 4.74 Å². The first kappa shape index (κ1) is 31.1. The summed E-state index contributed by atoms with van der Waals surface area (Å²) < 4.78 is 8.86. The molecule has 0 saturated heterocycles. The zero-order valence-corrected chi connectivity index (χ0v) is 28.6. The highest BCUT2D eigenvalue weighted by Gasteiger charge is 2.18. The lowest BCUT2D eigenvalue weighted by atomic mass is 10.0. The Labute approximate surface area is 303 Å². The molecule has 1 aromatic heterocycles. The fourth-order valence-electron chi connectivity index (χ4n) is 7.25. The van der Waals surface area contributed by atoms with Gasteiger partial charge in [0.15, 0.2) is 5.75 Å². The van der Waals surface area contributed by atoms with Crippen molar-refractivity contribution in [2.45, 2.75) is 6.61 Å². The van der Waals surface area contributed by atoms with E-state index in [0.29, 0.717) is 6.61 Å². The fraction of sp³-hybridized carbons (Fsp3) is 0.0208. The van der Waals surface area contributed by atoms with Crippen molar-refractivity contribution in [3.05, 3.63) is 194 Å². The largest absolute Gasteiger partial charge is 0.486 e. The SMILES string of the molecule is C=Nc1ccc2ccc(N(c3ccc(-c4ccccc4)cc3)c3ccc(-n4c5ccccc5c5ccccc54)cc3)cc2c1OCc1ccccc1. The van der Waals surface area contributed by atoms with Crippen LogP contribution in [0, 0.1) is 0 Å². The summed E-state index contributed by atoms with van der Waals surface area (Å²) in [5, 5.41) is 4.54. The first-order valence-corrected chi connectivity index (χ1v) is 17.5. The molecule has 0 saturated carbocycles. The van der Waals surface area contributed by atoms with Gasteiger partial charge >= 0.3 is 0 Å². The summed E-state index contributed by atoms with van der Waals surface area (Å²) in [5.41, 5.74) is 10.8. The van der Waals surface area contributed by atoms with Crippen molar-refractivity contribution in [3.8, 4) is 22.6 Å². The van der Waals surface area contributed by atoms with Crippen LogP contribution in [0.5, 0.6) is 5.75 Å². The molecular formula is C48H35N3O. The Balaban J connectivity index is 1.17. The molecule has 8 aromatic carbocycles. The van der Waals surface area contributed by atoms with E-state index in [2.05, 4.69) is 179 Å². The Bertz CT molecular complexity index is 2630. The van der Waals surface area contributed by atoms with Gasteiger partial charge in [-0.3, -0.25) is 4.99 Å². The summed E-state index contributed by atoms with van der Waals surface area (Å²) in [5.74, 6) is 0.722. The van der Waals surface area contributed by atoms with Crippen LogP contribution in [0.3, 0.4) is 0 Å². The van der Waals surface area contributed by atoms with Gasteiger partial charge in [0.2, 0.25) is 0 Å². The van der Waals surface area contributed by atoms with Crippen LogP contribution in [0.1, 0.15) is 5.56 Å². The molecule has 0 spiro atoms. The topological polar surface area (TPSA) is 29.8 Å². The standard InChI is InChI=1S/C48H35N3O/c1-49-45-31-23-37-22-26-41(32-44(37)48(45)52-33-34-12-4-2-5-13-34)50(38-24-20-36(21-25-38)35-14-6-3-7-15-35)39-27-29-40(30-28-39)51-46-18-10-8-16-42(46)43-17-9-11-19-47(43)51/h2-32H,1,33H2. The van der Waals surface area contributed by atoms with Gasteiger partial charge in [-0.1, -0.05) is 121 Å². The minimum absolute atomic E-state index is 0.432. The predicted molar refractivity (Wildman–Crippen MR) is 218 cm³/mol. The number of nitrogens with zero attached hydrogens (tertiary/aromatic N) is 3. The van der Waals surface area contributed by atoms with Crippen molar-refractivity contribution in [2.75, 3.05) is 4.90 Å². The van der Waals surface area contributed by atoms with Gasteiger partial charge in [-0.05, 0) is 95.5 Å². The molecule has 9 rings (SSSR count). The predicted octanol–water partition coefficient (Wildman–Crippen LogP) is 13.0. The van der Waals surface area contributed by atoms with Crippen molar-refractivity contribution in [2.24, 2.45) is 4.99 Å². The second-order valence-electron chi connectivity index (χ2n) is 12.9. The lowest BCUT2D eigenvalue weighted by molar-refractivity contribution is 0.311. The van der Waals surface area contributed by atoms with Gasteiger partial charge in [-0.25, -0.2) is 0 Å². The smallest absolute Gasteiger partial charge is 0.153 e. The average Bonchev–Trinajstić information content (AvgIpc) is 3.55. The number of hydrogen-bond acceptors (Lipinski definition) is 3. The maximum Gasteiger partial charge on any atom is 0.153 e. The Morgan fingerprint density at radius 3 is 1.69 bits per heavy atom. The van der Waals surface area contributed by atoms with Crippen LogP contribution in [-0.2, 0) is 6.61 Å². The minimum Gasteiger partial charge on any atom is -0.486 e. The number of para-hydroxylation sites is 2. The second kappa shape index (κ2) is 13.4. The molecule has 0 bridgehead atoms. The van der Waals surface area contributed by atoms with Gasteiger partial charge in [0.1, 0.15) is 12.3 Å². The summed E-state index contributed by atoms with van der Waals surface area (Å²) in [6.07, 6.45) is 0. The van der Waals surface area contributed by atoms with Gasteiger partial charge in [-0.2, -0.15) is 0 Å². The molecule has 9 aromatic rings. The molecule has 4 nitrogen and oxygen atoms in total. The molecule has 0 aliphatic carbocycles. The van der Waals surface area contributed by atoms with E-state index in [1.54, 1.807) is 0 Å². The summed E-state index contributed by atoms with van der Waals surface area (Å²) in [4.78, 5) is 6.65. The highest BCUT2D eigenvalue weighted by atomic mass is 16.5. The Hall–Kier alpha value is -6.91. The van der Waals surface area contributed by atoms with Crippen molar-refractivity contribution in [1.29, 1.82) is 0 Å². The maximum absolute atomic E-state index is 6.51. The Kier molecular flexibility index (Phi) is 8.03. The maximum atomic E-state index is 6.51. The average molecular weight is 670 g/mol. The van der Waals surface area contributed by atoms with Gasteiger partial charge < -0.3 is 14.2 Å². The monoisotopic (exact) mass is 669 g/mol. The van der Waals surface area contributed by atoms with E-state index in [4.69, 9.17) is 4.74 Å². The number of rotatable bonds is 9. The third-order valence-electron chi connectivity index (χ3n) is 9.77. The molecule has 4 heteroatoms. The van der Waals surface area contributed by atoms with E-state index in [-0.39, 0.29) is 0 Å². The van der Waals surface area contributed by atoms with Gasteiger partial charge in [0, 0.05) is 38.9 Å². The number of anilines is 3. The summed E-state index contributed by atoms with van der Waals surface area (Å²) >= 11 is 0. The third kappa shape index (κ3) is 5.66. The molecular weight excluding hydrogens is 635 g/mol. The lowest BCUT2D eigenvalue weighted by Crippen LogP contribution is -2.10. The van der Waals surface area contributed by atoms with E-state index in [1.807, 2.05) is 30.3 Å². The quantitative estimate of drug-likeness (QED) is 0.143. The molecule has 0 N–H and O–H groups in total. The molecule has 0 unspecified atom stereocenters. The number of hydrogen-bond donors (Lipinski definition) is 0. The van der Waals surface area contributed by atoms with Gasteiger partial charge in [-0.15, -0.1) is 0 Å². The molecule has 0 aliphatic rings. The number of ether oxygens (including phenoxy) is 1. The molecule has 0 amide bonds. The number of aromatic nitrogens is 1. The number of benzene rings is 8. The molecule has 0 fully saturated rings. The highest BCUT2D eigenvalue weighted by Crippen LogP contribution is 2.42. The van der Waals surface area contributed by atoms with Crippen LogP contribution in [0.2, 0.25) is 0 Å². The van der Waals surface area contributed by atoms with Gasteiger partial charge in [0.25, 0.3) is 0 Å². The zero-order valence-electron chi connectivity index (χ0n) is 28.6. The Morgan fingerprint density at radius 1 is 0.500 bits per heavy atom. The molecule has 0 aliphatic heterocycles. The molecule has 52 heavy (non-hydrogen) atoms. The third-order valence-corrected chi connectivity index (χ3v) is 9.77. The summed E-state index contributed by atoms with van der Waals surface area (Å²) in [7, 11) is 0. The number of aliphatic imine (C=N–C) groups is 1. The van der Waals surface area contributed by atoms with Crippen LogP contribution in [0.25, 0.3) is 49.4 Å². The summed E-state index contributed by atoms with van der Waals surface area (Å²) in [6.45, 7) is 4.30. The second-order valence-corrected chi connectivity index (χ2v) is 12.9. The van der Waals surface area contributed by atoms with E-state index < -0.39 is 0 Å². The van der Waals surface area contributed by atoms with E-state index in [1.165, 1.54) is 32.9 Å². The van der Waals surface area contributed by atoms with Crippen LogP contribution in [0.4, 0.5) is 22.7 Å². The van der Waals surface area contributed by atoms with Crippen LogP contribution >= 0.6 is 0 Å². The summed E-state index contributed by atoms with van der Waals surface area (Å²) in [6, 6.07) is 66.2. The van der Waals surface area contributed by atoms with Crippen LogP contribution in [0.15, 0.2) is 193 Å². The van der Waals surface area contributed by atoms with Crippen molar-refractivity contribution >= 4 is 62.0 Å². The van der Waals surface area contributed by atoms with Crippen LogP contribution in [-0.4, -0.2) is 11.3 Å². The molecule has 248 valence electrons. The molecule has 1 heterocycles. The number of fused-ring (bicyclic) bond motifs is 4.